The maximum Gasteiger partial charge on any atom is 0.310 e. The number of nitrogens with one attached hydrogen (secondary N) is 1. The molecule has 2 atom stereocenters. The van der Waals surface area contributed by atoms with Gasteiger partial charge in [-0.2, -0.15) is 0 Å². The minimum atomic E-state index is -0.798. The zero-order valence-electron chi connectivity index (χ0n) is 15.4. The molecule has 1 amide bonds. The van der Waals surface area contributed by atoms with Crippen LogP contribution in [0.2, 0.25) is 0 Å². The number of nitrogens with zero attached hydrogens (tertiary/aromatic N) is 1. The second-order valence-electron chi connectivity index (χ2n) is 7.39. The molecule has 2 N–H and O–H groups in total. The number of carbonyl (C=O) groups excluding carboxylic acids is 1. The molecule has 2 rings (SSSR count). The van der Waals surface area contributed by atoms with E-state index in [2.05, 4.69) is 19.2 Å². The van der Waals surface area contributed by atoms with Gasteiger partial charge < -0.3 is 15.2 Å². The third-order valence-electron chi connectivity index (χ3n) is 4.89. The Labute approximate surface area is 149 Å². The number of benzene rings is 1. The van der Waals surface area contributed by atoms with E-state index in [0.29, 0.717) is 19.5 Å². The molecule has 2 unspecified atom stereocenters. The largest absolute Gasteiger partial charge is 0.497 e. The molecule has 1 heterocycles. The molecule has 25 heavy (non-hydrogen) atoms. The molecular weight excluding hydrogens is 320 g/mol. The van der Waals surface area contributed by atoms with Gasteiger partial charge in [0.15, 0.2) is 0 Å². The number of aliphatic carboxylic acids is 1. The summed E-state index contributed by atoms with van der Waals surface area (Å²) in [5.41, 5.74) is 0.272. The molecule has 0 saturated carbocycles. The van der Waals surface area contributed by atoms with E-state index in [4.69, 9.17) is 4.74 Å². The Morgan fingerprint density at radius 1 is 1.32 bits per heavy atom. The Morgan fingerprint density at radius 3 is 2.44 bits per heavy atom. The van der Waals surface area contributed by atoms with Crippen LogP contribution < -0.4 is 10.1 Å². The Balaban J connectivity index is 1.97. The van der Waals surface area contributed by atoms with Gasteiger partial charge >= 0.3 is 5.97 Å². The van der Waals surface area contributed by atoms with Crippen LogP contribution in [0.1, 0.15) is 38.8 Å². The number of carbonyl (C=O) groups is 2. The van der Waals surface area contributed by atoms with E-state index in [9.17, 15) is 14.7 Å². The van der Waals surface area contributed by atoms with Gasteiger partial charge in [-0.3, -0.25) is 14.5 Å². The molecule has 138 valence electrons. The standard InChI is InChI=1S/C19H28N2O4/c1-13(2)17(14-5-7-15(25-4)8-6-14)20-16(22)11-21-10-9-19(3,12-21)18(23)24/h5-8,13,17H,9-12H2,1-4H3,(H,20,22)(H,23,24). The molecule has 1 saturated heterocycles. The third-order valence-corrected chi connectivity index (χ3v) is 4.89. The van der Waals surface area contributed by atoms with Crippen LogP contribution in [0.15, 0.2) is 24.3 Å². The molecular formula is C19H28N2O4. The highest BCUT2D eigenvalue weighted by atomic mass is 16.5. The van der Waals surface area contributed by atoms with E-state index in [0.717, 1.165) is 11.3 Å². The molecule has 0 bridgehead atoms. The van der Waals surface area contributed by atoms with E-state index in [1.54, 1.807) is 14.0 Å². The van der Waals surface area contributed by atoms with Gasteiger partial charge in [0.2, 0.25) is 5.91 Å². The fourth-order valence-corrected chi connectivity index (χ4v) is 3.23. The van der Waals surface area contributed by atoms with Crippen molar-refractivity contribution in [2.45, 2.75) is 33.2 Å². The van der Waals surface area contributed by atoms with Crippen LogP contribution in [0.4, 0.5) is 0 Å². The first-order valence-corrected chi connectivity index (χ1v) is 8.64. The molecule has 6 nitrogen and oxygen atoms in total. The van der Waals surface area contributed by atoms with Crippen LogP contribution in [0.3, 0.4) is 0 Å². The zero-order chi connectivity index (χ0) is 18.6. The van der Waals surface area contributed by atoms with Crippen molar-refractivity contribution in [3.8, 4) is 5.75 Å². The van der Waals surface area contributed by atoms with Crippen molar-refractivity contribution in [3.05, 3.63) is 29.8 Å². The predicted octanol–water partition coefficient (Wildman–Crippen LogP) is 2.31. The number of rotatable bonds is 7. The Bertz CT molecular complexity index is 614. The van der Waals surface area contributed by atoms with Crippen molar-refractivity contribution in [2.24, 2.45) is 11.3 Å². The van der Waals surface area contributed by atoms with Crippen LogP contribution in [0.5, 0.6) is 5.75 Å². The summed E-state index contributed by atoms with van der Waals surface area (Å²) in [4.78, 5) is 25.7. The van der Waals surface area contributed by atoms with Crippen molar-refractivity contribution < 1.29 is 19.4 Å². The molecule has 0 radical (unpaired) electrons. The smallest absolute Gasteiger partial charge is 0.310 e. The molecule has 1 aromatic carbocycles. The maximum atomic E-state index is 12.5. The quantitative estimate of drug-likeness (QED) is 0.790. The topological polar surface area (TPSA) is 78.9 Å². The first-order valence-electron chi connectivity index (χ1n) is 8.64. The molecule has 0 aliphatic carbocycles. The number of carboxylic acid groups (broad SMARTS) is 1. The molecule has 1 aliphatic heterocycles. The summed E-state index contributed by atoms with van der Waals surface area (Å²) in [6.45, 7) is 7.12. The van der Waals surface area contributed by atoms with Gasteiger partial charge in [0.1, 0.15) is 5.75 Å². The SMILES string of the molecule is COc1ccc(C(NC(=O)CN2CCC(C)(C(=O)O)C2)C(C)C)cc1. The van der Waals surface area contributed by atoms with E-state index in [1.807, 2.05) is 29.2 Å². The average Bonchev–Trinajstić information content (AvgIpc) is 2.95. The van der Waals surface area contributed by atoms with Crippen molar-refractivity contribution in [1.82, 2.24) is 10.2 Å². The van der Waals surface area contributed by atoms with Crippen molar-refractivity contribution in [2.75, 3.05) is 26.7 Å². The Kier molecular flexibility index (Phi) is 6.06. The van der Waals surface area contributed by atoms with Gasteiger partial charge in [0.05, 0.1) is 25.1 Å². The second-order valence-corrected chi connectivity index (χ2v) is 7.39. The maximum absolute atomic E-state index is 12.5. The van der Waals surface area contributed by atoms with Crippen LogP contribution in [-0.4, -0.2) is 48.6 Å². The van der Waals surface area contributed by atoms with Crippen molar-refractivity contribution >= 4 is 11.9 Å². The molecule has 0 spiro atoms. The molecule has 1 aliphatic rings. The monoisotopic (exact) mass is 348 g/mol. The second kappa shape index (κ2) is 7.87. The fourth-order valence-electron chi connectivity index (χ4n) is 3.23. The minimum absolute atomic E-state index is 0.0795. The third kappa shape index (κ3) is 4.72. The van der Waals surface area contributed by atoms with Crippen LogP contribution in [0, 0.1) is 11.3 Å². The summed E-state index contributed by atoms with van der Waals surface area (Å²) < 4.78 is 5.18. The number of methoxy groups -OCH3 is 1. The van der Waals surface area contributed by atoms with E-state index < -0.39 is 11.4 Å². The fraction of sp³-hybridized carbons (Fsp3) is 0.579. The van der Waals surface area contributed by atoms with Crippen LogP contribution >= 0.6 is 0 Å². The zero-order valence-corrected chi connectivity index (χ0v) is 15.4. The highest BCUT2D eigenvalue weighted by Gasteiger charge is 2.40. The molecule has 6 heteroatoms. The first-order chi connectivity index (χ1) is 11.7. The number of likely N-dealkylation sites (tertiary alicyclic amines) is 1. The summed E-state index contributed by atoms with van der Waals surface area (Å²) in [5, 5.41) is 12.4. The summed E-state index contributed by atoms with van der Waals surface area (Å²) in [6.07, 6.45) is 0.571. The van der Waals surface area contributed by atoms with Crippen molar-refractivity contribution in [3.63, 3.8) is 0 Å². The summed E-state index contributed by atoms with van der Waals surface area (Å²) in [7, 11) is 1.62. The van der Waals surface area contributed by atoms with E-state index >= 15 is 0 Å². The van der Waals surface area contributed by atoms with Crippen LogP contribution in [0.25, 0.3) is 0 Å². The number of hydrogen-bond donors (Lipinski definition) is 2. The lowest BCUT2D eigenvalue weighted by Crippen LogP contribution is -2.40. The molecule has 0 aromatic heterocycles. The van der Waals surface area contributed by atoms with Crippen molar-refractivity contribution in [1.29, 1.82) is 0 Å². The van der Waals surface area contributed by atoms with Gasteiger partial charge in [-0.1, -0.05) is 26.0 Å². The first kappa shape index (κ1) is 19.2. The lowest BCUT2D eigenvalue weighted by atomic mass is 9.90. The summed E-state index contributed by atoms with van der Waals surface area (Å²) in [5.74, 6) is 0.140. The molecule has 1 fully saturated rings. The summed E-state index contributed by atoms with van der Waals surface area (Å²) >= 11 is 0. The van der Waals surface area contributed by atoms with Gasteiger partial charge in [-0.15, -0.1) is 0 Å². The lowest BCUT2D eigenvalue weighted by molar-refractivity contribution is -0.147. The van der Waals surface area contributed by atoms with E-state index in [1.165, 1.54) is 0 Å². The number of carboxylic acids is 1. The summed E-state index contributed by atoms with van der Waals surface area (Å²) in [6, 6.07) is 7.60. The lowest BCUT2D eigenvalue weighted by Gasteiger charge is -2.25. The van der Waals surface area contributed by atoms with Gasteiger partial charge in [0, 0.05) is 6.54 Å². The number of hydrogen-bond acceptors (Lipinski definition) is 4. The Morgan fingerprint density at radius 2 is 1.96 bits per heavy atom. The highest BCUT2D eigenvalue weighted by Crippen LogP contribution is 2.30. The highest BCUT2D eigenvalue weighted by molar-refractivity contribution is 5.79. The van der Waals surface area contributed by atoms with Gasteiger partial charge in [-0.25, -0.2) is 0 Å². The molecule has 1 aromatic rings. The van der Waals surface area contributed by atoms with Gasteiger partial charge in [0.25, 0.3) is 0 Å². The normalized spacial score (nSPS) is 22.0. The number of amides is 1. The number of ether oxygens (including phenoxy) is 1. The average molecular weight is 348 g/mol. The van der Waals surface area contributed by atoms with E-state index in [-0.39, 0.29) is 24.4 Å². The Hall–Kier alpha value is -2.08. The van der Waals surface area contributed by atoms with Gasteiger partial charge in [-0.05, 0) is 43.5 Å². The minimum Gasteiger partial charge on any atom is -0.497 e. The van der Waals surface area contributed by atoms with Crippen LogP contribution in [-0.2, 0) is 9.59 Å². The predicted molar refractivity (Wildman–Crippen MR) is 95.5 cm³/mol.